The smallest absolute Gasteiger partial charge is 0.361 e. The molecule has 2 heterocycles. The minimum absolute atomic E-state index is 0.355. The van der Waals surface area contributed by atoms with E-state index >= 15 is 0 Å². The van der Waals surface area contributed by atoms with Crippen molar-refractivity contribution < 1.29 is 13.2 Å². The maximum absolute atomic E-state index is 13.5. The van der Waals surface area contributed by atoms with Crippen LogP contribution in [0.4, 0.5) is 13.2 Å². The van der Waals surface area contributed by atoms with Gasteiger partial charge >= 0.3 is 6.18 Å². The van der Waals surface area contributed by atoms with Crippen LogP contribution in [0.25, 0.3) is 21.8 Å². The molecule has 2 N–H and O–H groups in total. The van der Waals surface area contributed by atoms with Crippen molar-refractivity contribution in [3.8, 4) is 0 Å². The predicted molar refractivity (Wildman–Crippen MR) is 114 cm³/mol. The topological polar surface area (TPSA) is 31.6 Å². The second kappa shape index (κ2) is 6.67. The number of benzene rings is 3. The normalized spacial score (nSPS) is 12.7. The van der Waals surface area contributed by atoms with Gasteiger partial charge in [0, 0.05) is 45.3 Å². The molecular weight excluding hydrogens is 409 g/mol. The molecule has 2 nitrogen and oxygen atoms in total. The molecule has 6 heteroatoms. The van der Waals surface area contributed by atoms with Gasteiger partial charge in [-0.05, 0) is 29.8 Å². The van der Waals surface area contributed by atoms with E-state index in [1.54, 1.807) is 18.5 Å². The van der Waals surface area contributed by atoms with E-state index in [0.717, 1.165) is 33.9 Å². The van der Waals surface area contributed by atoms with Crippen molar-refractivity contribution in [2.24, 2.45) is 0 Å². The van der Waals surface area contributed by atoms with Gasteiger partial charge in [0.2, 0.25) is 0 Å². The molecule has 0 saturated carbocycles. The molecule has 0 spiro atoms. The average molecular weight is 425 g/mol. The van der Waals surface area contributed by atoms with Gasteiger partial charge in [-0.1, -0.05) is 48.5 Å². The van der Waals surface area contributed by atoms with Crippen LogP contribution in [-0.2, 0) is 11.1 Å². The van der Waals surface area contributed by atoms with Crippen LogP contribution in [0.3, 0.4) is 0 Å². The van der Waals surface area contributed by atoms with Crippen molar-refractivity contribution in [3.05, 3.63) is 107 Å². The largest absolute Gasteiger partial charge is 0.416 e. The Bertz CT molecular complexity index is 1290. The molecule has 0 bridgehead atoms. The lowest BCUT2D eigenvalue weighted by Gasteiger charge is -2.28. The molecule has 0 radical (unpaired) electrons. The summed E-state index contributed by atoms with van der Waals surface area (Å²) in [7, 11) is 0. The molecular formula is C24H16ClF3N2. The van der Waals surface area contributed by atoms with E-state index in [1.165, 1.54) is 6.07 Å². The Morgan fingerprint density at radius 2 is 1.13 bits per heavy atom. The molecule has 2 aromatic heterocycles. The number of hydrogen-bond donors (Lipinski definition) is 2. The molecule has 5 aromatic rings. The van der Waals surface area contributed by atoms with Crippen LogP contribution in [0, 0.1) is 0 Å². The number of para-hydroxylation sites is 2. The Morgan fingerprint density at radius 3 is 1.67 bits per heavy atom. The number of alkyl halides is 4. The second-order valence-corrected chi connectivity index (χ2v) is 7.80. The molecule has 0 aliphatic heterocycles. The minimum atomic E-state index is -4.46. The SMILES string of the molecule is FC(F)(F)c1cccc(C(Cl)(c2c[nH]c3ccccc23)c2c[nH]c3ccccc23)c1. The van der Waals surface area contributed by atoms with Gasteiger partial charge in [0.15, 0.2) is 0 Å². The summed E-state index contributed by atoms with van der Waals surface area (Å²) in [4.78, 5) is 5.07. The highest BCUT2D eigenvalue weighted by Gasteiger charge is 2.40. The summed E-state index contributed by atoms with van der Waals surface area (Å²) in [6.45, 7) is 0. The van der Waals surface area contributed by atoms with Gasteiger partial charge in [-0.3, -0.25) is 0 Å². The molecule has 30 heavy (non-hydrogen) atoms. The van der Waals surface area contributed by atoms with E-state index < -0.39 is 16.6 Å². The molecule has 0 amide bonds. The summed E-state index contributed by atoms with van der Waals surface area (Å²) >= 11 is 7.37. The molecule has 5 rings (SSSR count). The summed E-state index contributed by atoms with van der Waals surface area (Å²) in [6, 6.07) is 20.5. The highest BCUT2D eigenvalue weighted by Crippen LogP contribution is 2.48. The highest BCUT2D eigenvalue weighted by atomic mass is 35.5. The summed E-state index contributed by atoms with van der Waals surface area (Å²) in [6.07, 6.45) is -0.909. The lowest BCUT2D eigenvalue weighted by Crippen LogP contribution is -2.22. The predicted octanol–water partition coefficient (Wildman–Crippen LogP) is 7.20. The van der Waals surface area contributed by atoms with E-state index in [1.807, 2.05) is 48.5 Å². The second-order valence-electron chi connectivity index (χ2n) is 7.23. The Hall–Kier alpha value is -3.18. The molecule has 0 aliphatic carbocycles. The molecule has 0 aliphatic rings. The molecule has 0 fully saturated rings. The van der Waals surface area contributed by atoms with Gasteiger partial charge in [0.05, 0.1) is 5.56 Å². The van der Waals surface area contributed by atoms with Gasteiger partial charge in [-0.25, -0.2) is 0 Å². The number of H-pyrrole nitrogens is 2. The maximum atomic E-state index is 13.5. The number of fused-ring (bicyclic) bond motifs is 2. The monoisotopic (exact) mass is 424 g/mol. The van der Waals surface area contributed by atoms with Crippen molar-refractivity contribution in [1.82, 2.24) is 9.97 Å². The van der Waals surface area contributed by atoms with Crippen LogP contribution < -0.4 is 0 Å². The fourth-order valence-corrected chi connectivity index (χ4v) is 4.51. The lowest BCUT2D eigenvalue weighted by atomic mass is 9.83. The first-order chi connectivity index (χ1) is 14.4. The standard InChI is InChI=1S/C24H16ClF3N2/c25-23(15-6-5-7-16(12-15)24(26,27)28,19-13-29-21-10-3-1-8-17(19)21)20-14-30-22-11-4-2-9-18(20)22/h1-14,29-30H. The average Bonchev–Trinajstić information content (AvgIpc) is 3.38. The lowest BCUT2D eigenvalue weighted by molar-refractivity contribution is -0.137. The molecule has 0 unspecified atom stereocenters. The first-order valence-electron chi connectivity index (χ1n) is 9.39. The van der Waals surface area contributed by atoms with Crippen molar-refractivity contribution in [1.29, 1.82) is 0 Å². The Balaban J connectivity index is 1.86. The van der Waals surface area contributed by atoms with Crippen LogP contribution in [0.5, 0.6) is 0 Å². The van der Waals surface area contributed by atoms with E-state index in [9.17, 15) is 13.2 Å². The first-order valence-corrected chi connectivity index (χ1v) is 9.76. The van der Waals surface area contributed by atoms with Crippen molar-refractivity contribution >= 4 is 33.4 Å². The minimum Gasteiger partial charge on any atom is -0.361 e. The summed E-state index contributed by atoms with van der Waals surface area (Å²) < 4.78 is 40.5. The third-order valence-electron chi connectivity index (χ3n) is 5.51. The molecule has 0 saturated heterocycles. The number of aromatic amines is 2. The van der Waals surface area contributed by atoms with E-state index in [2.05, 4.69) is 9.97 Å². The van der Waals surface area contributed by atoms with Gasteiger partial charge < -0.3 is 9.97 Å². The Kier molecular flexibility index (Phi) is 4.19. The van der Waals surface area contributed by atoms with E-state index in [4.69, 9.17) is 11.6 Å². The quantitative estimate of drug-likeness (QED) is 0.287. The summed E-state index contributed by atoms with van der Waals surface area (Å²) in [5, 5.41) is 1.71. The van der Waals surface area contributed by atoms with Crippen molar-refractivity contribution in [2.45, 2.75) is 11.1 Å². The maximum Gasteiger partial charge on any atom is 0.416 e. The first kappa shape index (κ1) is 18.8. The number of aromatic nitrogens is 2. The summed E-state index contributed by atoms with van der Waals surface area (Å²) in [5.41, 5.74) is 2.75. The number of hydrogen-bond acceptors (Lipinski definition) is 0. The van der Waals surface area contributed by atoms with Crippen LogP contribution >= 0.6 is 11.6 Å². The zero-order valence-electron chi connectivity index (χ0n) is 15.6. The third-order valence-corrected chi connectivity index (χ3v) is 6.13. The van der Waals surface area contributed by atoms with Crippen LogP contribution in [0.2, 0.25) is 0 Å². The van der Waals surface area contributed by atoms with E-state index in [0.29, 0.717) is 16.7 Å². The van der Waals surface area contributed by atoms with Gasteiger partial charge in [-0.15, -0.1) is 11.6 Å². The van der Waals surface area contributed by atoms with Gasteiger partial charge in [0.25, 0.3) is 0 Å². The third kappa shape index (κ3) is 2.81. The van der Waals surface area contributed by atoms with Gasteiger partial charge in [0.1, 0.15) is 4.87 Å². The number of halogens is 4. The molecule has 150 valence electrons. The zero-order chi connectivity index (χ0) is 20.9. The Morgan fingerprint density at radius 1 is 0.633 bits per heavy atom. The fraction of sp³-hybridized carbons (Fsp3) is 0.0833. The number of nitrogens with one attached hydrogen (secondary N) is 2. The van der Waals surface area contributed by atoms with Gasteiger partial charge in [-0.2, -0.15) is 13.2 Å². The molecule has 0 atom stereocenters. The number of rotatable bonds is 3. The van der Waals surface area contributed by atoms with Crippen LogP contribution in [-0.4, -0.2) is 9.97 Å². The fourth-order valence-electron chi connectivity index (χ4n) is 4.08. The summed E-state index contributed by atoms with van der Waals surface area (Å²) in [5.74, 6) is 0. The highest BCUT2D eigenvalue weighted by molar-refractivity contribution is 6.30. The van der Waals surface area contributed by atoms with E-state index in [-0.39, 0.29) is 0 Å². The molecule has 3 aromatic carbocycles. The van der Waals surface area contributed by atoms with Crippen LogP contribution in [0.1, 0.15) is 22.3 Å². The van der Waals surface area contributed by atoms with Crippen LogP contribution in [0.15, 0.2) is 85.2 Å². The zero-order valence-corrected chi connectivity index (χ0v) is 16.4. The van der Waals surface area contributed by atoms with Crippen molar-refractivity contribution in [3.63, 3.8) is 0 Å². The van der Waals surface area contributed by atoms with Crippen molar-refractivity contribution in [2.75, 3.05) is 0 Å². The Labute approximate surface area is 175 Å².